The zero-order valence-electron chi connectivity index (χ0n) is 12.6. The molecule has 0 heterocycles. The highest BCUT2D eigenvalue weighted by Gasteiger charge is 2.38. The Bertz CT molecular complexity index is 341. The van der Waals surface area contributed by atoms with Gasteiger partial charge in [0.2, 0.25) is 5.91 Å². The van der Waals surface area contributed by atoms with Gasteiger partial charge >= 0.3 is 5.97 Å². The fraction of sp³-hybridized carbons (Fsp3) is 0.867. The molecule has 1 fully saturated rings. The average Bonchev–Trinajstić information content (AvgIpc) is 2.36. The molecule has 1 aliphatic rings. The largest absolute Gasteiger partial charge is 0.480 e. The van der Waals surface area contributed by atoms with E-state index in [9.17, 15) is 9.59 Å². The first kappa shape index (κ1) is 16.0. The van der Waals surface area contributed by atoms with E-state index in [1.54, 1.807) is 0 Å². The predicted octanol–water partition coefficient (Wildman–Crippen LogP) is 2.82. The molecule has 0 unspecified atom stereocenters. The number of carboxylic acid groups (broad SMARTS) is 1. The van der Waals surface area contributed by atoms with Crippen LogP contribution in [-0.4, -0.2) is 23.5 Å². The molecule has 19 heavy (non-hydrogen) atoms. The minimum absolute atomic E-state index is 0.0324. The van der Waals surface area contributed by atoms with E-state index in [0.717, 1.165) is 0 Å². The number of carbonyl (C=O) groups excluding carboxylic acids is 1. The van der Waals surface area contributed by atoms with Gasteiger partial charge in [-0.25, -0.2) is 0 Å². The van der Waals surface area contributed by atoms with Crippen molar-refractivity contribution in [3.8, 4) is 0 Å². The second-order valence-electron chi connectivity index (χ2n) is 6.94. The highest BCUT2D eigenvalue weighted by atomic mass is 16.4. The Balaban J connectivity index is 2.55. The van der Waals surface area contributed by atoms with Crippen molar-refractivity contribution in [2.45, 2.75) is 59.8 Å². The summed E-state index contributed by atoms with van der Waals surface area (Å²) in [5.74, 6) is -0.862. The Morgan fingerprint density at radius 1 is 1.11 bits per heavy atom. The van der Waals surface area contributed by atoms with Gasteiger partial charge in [-0.2, -0.15) is 0 Å². The molecule has 1 aliphatic carbocycles. The van der Waals surface area contributed by atoms with E-state index >= 15 is 0 Å². The number of rotatable bonds is 5. The molecule has 2 N–H and O–H groups in total. The maximum Gasteiger partial charge on any atom is 0.318 e. The van der Waals surface area contributed by atoms with E-state index in [-0.39, 0.29) is 5.41 Å². The van der Waals surface area contributed by atoms with Crippen molar-refractivity contribution in [2.24, 2.45) is 16.7 Å². The SMILES string of the molecule is CC(C)(C(=O)O)C(=O)NCC(C)(C)C1CCCCC1. The Kier molecular flexibility index (Phi) is 4.99. The third kappa shape index (κ3) is 3.95. The van der Waals surface area contributed by atoms with Crippen molar-refractivity contribution in [2.75, 3.05) is 6.54 Å². The summed E-state index contributed by atoms with van der Waals surface area (Å²) in [7, 11) is 0. The topological polar surface area (TPSA) is 66.4 Å². The van der Waals surface area contributed by atoms with Gasteiger partial charge in [-0.1, -0.05) is 33.1 Å². The molecule has 0 saturated heterocycles. The first-order chi connectivity index (χ1) is 8.68. The Morgan fingerprint density at radius 2 is 1.63 bits per heavy atom. The molecule has 110 valence electrons. The molecular weight excluding hydrogens is 242 g/mol. The summed E-state index contributed by atoms with van der Waals surface area (Å²) in [6.45, 7) is 7.76. The highest BCUT2D eigenvalue weighted by Crippen LogP contribution is 2.37. The Hall–Kier alpha value is -1.06. The summed E-state index contributed by atoms with van der Waals surface area (Å²) in [5.41, 5.74) is -1.33. The maximum absolute atomic E-state index is 11.9. The Labute approximate surface area is 116 Å². The van der Waals surface area contributed by atoms with Gasteiger partial charge in [0, 0.05) is 6.54 Å². The standard InChI is InChI=1S/C15H27NO3/c1-14(2,11-8-6-5-7-9-11)10-16-12(17)15(3,4)13(18)19/h11H,5-10H2,1-4H3,(H,16,17)(H,18,19). The molecular formula is C15H27NO3. The van der Waals surface area contributed by atoms with Gasteiger partial charge in [-0.3, -0.25) is 9.59 Å². The molecule has 1 amide bonds. The van der Waals surface area contributed by atoms with Crippen LogP contribution in [0.5, 0.6) is 0 Å². The van der Waals surface area contributed by atoms with Gasteiger partial charge in [-0.15, -0.1) is 0 Å². The molecule has 0 spiro atoms. The number of nitrogens with one attached hydrogen (secondary N) is 1. The van der Waals surface area contributed by atoms with Crippen molar-refractivity contribution >= 4 is 11.9 Å². The first-order valence-corrected chi connectivity index (χ1v) is 7.19. The monoisotopic (exact) mass is 269 g/mol. The third-order valence-electron chi connectivity index (χ3n) is 4.52. The van der Waals surface area contributed by atoms with Gasteiger partial charge in [0.15, 0.2) is 0 Å². The minimum atomic E-state index is -1.36. The fourth-order valence-electron chi connectivity index (χ4n) is 2.65. The van der Waals surface area contributed by atoms with E-state index in [4.69, 9.17) is 5.11 Å². The van der Waals surface area contributed by atoms with E-state index in [2.05, 4.69) is 19.2 Å². The van der Waals surface area contributed by atoms with E-state index in [1.165, 1.54) is 46.0 Å². The van der Waals surface area contributed by atoms with Crippen LogP contribution in [0.4, 0.5) is 0 Å². The number of amides is 1. The summed E-state index contributed by atoms with van der Waals surface area (Å²) in [5, 5.41) is 11.9. The van der Waals surface area contributed by atoms with Gasteiger partial charge < -0.3 is 10.4 Å². The van der Waals surface area contributed by atoms with Crippen LogP contribution in [0.2, 0.25) is 0 Å². The number of hydrogen-bond acceptors (Lipinski definition) is 2. The minimum Gasteiger partial charge on any atom is -0.480 e. The summed E-state index contributed by atoms with van der Waals surface area (Å²) in [6.07, 6.45) is 6.27. The maximum atomic E-state index is 11.9. The van der Waals surface area contributed by atoms with Crippen molar-refractivity contribution in [3.05, 3.63) is 0 Å². The molecule has 0 aromatic rings. The lowest BCUT2D eigenvalue weighted by Gasteiger charge is -2.37. The summed E-state index contributed by atoms with van der Waals surface area (Å²) < 4.78 is 0. The summed E-state index contributed by atoms with van der Waals surface area (Å²) in [6, 6.07) is 0. The van der Waals surface area contributed by atoms with Crippen LogP contribution in [0, 0.1) is 16.7 Å². The lowest BCUT2D eigenvalue weighted by atomic mass is 9.71. The highest BCUT2D eigenvalue weighted by molar-refractivity contribution is 6.00. The number of aliphatic carboxylic acids is 1. The van der Waals surface area contributed by atoms with Crippen molar-refractivity contribution in [3.63, 3.8) is 0 Å². The van der Waals surface area contributed by atoms with Crippen LogP contribution >= 0.6 is 0 Å². The van der Waals surface area contributed by atoms with Crippen LogP contribution in [0.15, 0.2) is 0 Å². The fourth-order valence-corrected chi connectivity index (χ4v) is 2.65. The van der Waals surface area contributed by atoms with Crippen molar-refractivity contribution in [1.29, 1.82) is 0 Å². The van der Waals surface area contributed by atoms with E-state index < -0.39 is 17.3 Å². The predicted molar refractivity (Wildman–Crippen MR) is 74.8 cm³/mol. The lowest BCUT2D eigenvalue weighted by molar-refractivity contribution is -0.153. The first-order valence-electron chi connectivity index (χ1n) is 7.19. The number of carbonyl (C=O) groups is 2. The van der Waals surface area contributed by atoms with Crippen LogP contribution in [-0.2, 0) is 9.59 Å². The normalized spacial score (nSPS) is 18.1. The van der Waals surface area contributed by atoms with Crippen LogP contribution < -0.4 is 5.32 Å². The molecule has 4 heteroatoms. The second kappa shape index (κ2) is 5.93. The average molecular weight is 269 g/mol. The number of carboxylic acids is 1. The van der Waals surface area contributed by atoms with Crippen molar-refractivity contribution in [1.82, 2.24) is 5.32 Å². The molecule has 0 bridgehead atoms. The quantitative estimate of drug-likeness (QED) is 0.754. The molecule has 0 atom stereocenters. The van der Waals surface area contributed by atoms with E-state index in [0.29, 0.717) is 12.5 Å². The van der Waals surface area contributed by atoms with Gasteiger partial charge in [-0.05, 0) is 38.0 Å². The molecule has 1 saturated carbocycles. The smallest absolute Gasteiger partial charge is 0.318 e. The zero-order chi connectivity index (χ0) is 14.7. The van der Waals surface area contributed by atoms with Gasteiger partial charge in [0.1, 0.15) is 5.41 Å². The molecule has 0 aromatic heterocycles. The Morgan fingerprint density at radius 3 is 2.11 bits per heavy atom. The van der Waals surface area contributed by atoms with Gasteiger partial charge in [0.05, 0.1) is 0 Å². The molecule has 0 radical (unpaired) electrons. The second-order valence-corrected chi connectivity index (χ2v) is 6.94. The van der Waals surface area contributed by atoms with Crippen LogP contribution in [0.25, 0.3) is 0 Å². The molecule has 4 nitrogen and oxygen atoms in total. The molecule has 0 aromatic carbocycles. The lowest BCUT2D eigenvalue weighted by Crippen LogP contribution is -2.47. The van der Waals surface area contributed by atoms with Crippen LogP contribution in [0.1, 0.15) is 59.8 Å². The van der Waals surface area contributed by atoms with E-state index in [1.807, 2.05) is 0 Å². The van der Waals surface area contributed by atoms with Crippen molar-refractivity contribution < 1.29 is 14.7 Å². The van der Waals surface area contributed by atoms with Crippen LogP contribution in [0.3, 0.4) is 0 Å². The zero-order valence-corrected chi connectivity index (χ0v) is 12.6. The molecule has 0 aliphatic heterocycles. The molecule has 1 rings (SSSR count). The summed E-state index contributed by atoms with van der Waals surface area (Å²) in [4.78, 5) is 23.0. The summed E-state index contributed by atoms with van der Waals surface area (Å²) >= 11 is 0. The van der Waals surface area contributed by atoms with Gasteiger partial charge in [0.25, 0.3) is 0 Å². The third-order valence-corrected chi connectivity index (χ3v) is 4.52. The number of hydrogen-bond donors (Lipinski definition) is 2.